The molecule has 2 amide bonds. The lowest BCUT2D eigenvalue weighted by atomic mass is 9.79. The zero-order chi connectivity index (χ0) is 17.8. The molecule has 0 saturated heterocycles. The highest BCUT2D eigenvalue weighted by atomic mass is 16.3. The van der Waals surface area contributed by atoms with Crippen LogP contribution >= 0.6 is 0 Å². The van der Waals surface area contributed by atoms with E-state index in [1.54, 1.807) is 6.92 Å². The second-order valence-corrected chi connectivity index (χ2v) is 7.51. The van der Waals surface area contributed by atoms with Gasteiger partial charge in [-0.3, -0.25) is 9.59 Å². The molecule has 0 heterocycles. The Bertz CT molecular complexity index is 594. The molecule has 3 atom stereocenters. The minimum atomic E-state index is -0.928. The maximum absolute atomic E-state index is 12.7. The van der Waals surface area contributed by atoms with E-state index < -0.39 is 12.1 Å². The fourth-order valence-electron chi connectivity index (χ4n) is 3.31. The predicted molar refractivity (Wildman–Crippen MR) is 95.6 cm³/mol. The van der Waals surface area contributed by atoms with Gasteiger partial charge in [-0.1, -0.05) is 49.6 Å². The predicted octanol–water partition coefficient (Wildman–Crippen LogP) is 2.31. The van der Waals surface area contributed by atoms with Gasteiger partial charge in [0.25, 0.3) is 0 Å². The fraction of sp³-hybridized carbons (Fsp3) is 0.600. The molecule has 2 saturated carbocycles. The largest absolute Gasteiger partial charge is 0.391 e. The average Bonchev–Trinajstić information content (AvgIpc) is 3.39. The van der Waals surface area contributed by atoms with Crippen molar-refractivity contribution in [1.29, 1.82) is 0 Å². The molecule has 0 aromatic heterocycles. The smallest absolute Gasteiger partial charge is 0.245 e. The van der Waals surface area contributed by atoms with Gasteiger partial charge in [0.15, 0.2) is 0 Å². The molecule has 3 unspecified atom stereocenters. The lowest BCUT2D eigenvalue weighted by molar-refractivity contribution is -0.132. The van der Waals surface area contributed by atoms with Crippen LogP contribution in [0.2, 0.25) is 0 Å². The lowest BCUT2D eigenvalue weighted by Crippen LogP contribution is -2.53. The van der Waals surface area contributed by atoms with Crippen LogP contribution in [0.4, 0.5) is 0 Å². The van der Waals surface area contributed by atoms with Crippen molar-refractivity contribution in [3.05, 3.63) is 35.9 Å². The number of hydrogen-bond donors (Lipinski definition) is 3. The van der Waals surface area contributed by atoms with Gasteiger partial charge in [0.05, 0.1) is 12.1 Å². The van der Waals surface area contributed by atoms with Crippen molar-refractivity contribution < 1.29 is 14.7 Å². The van der Waals surface area contributed by atoms with Crippen LogP contribution in [-0.4, -0.2) is 29.1 Å². The highest BCUT2D eigenvalue weighted by molar-refractivity contribution is 5.90. The number of aliphatic hydroxyl groups is 1. The second-order valence-electron chi connectivity index (χ2n) is 7.51. The fourth-order valence-corrected chi connectivity index (χ4v) is 3.31. The molecule has 0 bridgehead atoms. The third-order valence-electron chi connectivity index (χ3n) is 5.32. The first-order valence-electron chi connectivity index (χ1n) is 9.38. The first kappa shape index (κ1) is 17.9. The standard InChI is InChI=1S/C20H28N2O3/c1-13(23)18(22-19(24)16-10-11-16)20(25)21-17(12-14-6-5-7-14)15-8-3-2-4-9-15/h2-4,8-9,13-14,16-18,23H,5-7,10-12H2,1H3,(H,21,25)(H,22,24). The Morgan fingerprint density at radius 3 is 2.32 bits per heavy atom. The van der Waals surface area contributed by atoms with Crippen molar-refractivity contribution in [2.45, 2.75) is 63.6 Å². The number of carbonyl (C=O) groups excluding carboxylic acids is 2. The van der Waals surface area contributed by atoms with Gasteiger partial charge in [0, 0.05) is 5.92 Å². The summed E-state index contributed by atoms with van der Waals surface area (Å²) in [6, 6.07) is 8.94. The molecule has 1 aromatic rings. The molecular weight excluding hydrogens is 316 g/mol. The van der Waals surface area contributed by atoms with Crippen molar-refractivity contribution in [2.24, 2.45) is 11.8 Å². The second kappa shape index (κ2) is 8.00. The Morgan fingerprint density at radius 2 is 1.80 bits per heavy atom. The molecule has 25 heavy (non-hydrogen) atoms. The van der Waals surface area contributed by atoms with Crippen LogP contribution in [0.15, 0.2) is 30.3 Å². The summed E-state index contributed by atoms with van der Waals surface area (Å²) < 4.78 is 0. The number of rotatable bonds is 8. The zero-order valence-electron chi connectivity index (χ0n) is 14.8. The SMILES string of the molecule is CC(O)C(NC(=O)C1CC1)C(=O)NC(CC1CCC1)c1ccccc1. The Labute approximate surface area is 149 Å². The first-order valence-corrected chi connectivity index (χ1v) is 9.38. The van der Waals surface area contributed by atoms with Crippen LogP contribution in [0.3, 0.4) is 0 Å². The number of carbonyl (C=O) groups is 2. The van der Waals surface area contributed by atoms with Gasteiger partial charge in [0.2, 0.25) is 11.8 Å². The van der Waals surface area contributed by atoms with Crippen LogP contribution in [0.1, 0.15) is 57.1 Å². The summed E-state index contributed by atoms with van der Waals surface area (Å²) in [5.74, 6) is 0.207. The van der Waals surface area contributed by atoms with Crippen molar-refractivity contribution in [1.82, 2.24) is 10.6 Å². The minimum absolute atomic E-state index is 0.00828. The van der Waals surface area contributed by atoms with E-state index >= 15 is 0 Å². The van der Waals surface area contributed by atoms with E-state index in [1.165, 1.54) is 19.3 Å². The summed E-state index contributed by atoms with van der Waals surface area (Å²) >= 11 is 0. The van der Waals surface area contributed by atoms with E-state index in [-0.39, 0.29) is 23.8 Å². The third-order valence-corrected chi connectivity index (χ3v) is 5.32. The summed E-state index contributed by atoms with van der Waals surface area (Å²) in [5, 5.41) is 15.8. The maximum atomic E-state index is 12.7. The summed E-state index contributed by atoms with van der Waals surface area (Å²) in [6.45, 7) is 1.54. The molecule has 1 aromatic carbocycles. The zero-order valence-corrected chi connectivity index (χ0v) is 14.8. The topological polar surface area (TPSA) is 78.4 Å². The molecule has 2 aliphatic carbocycles. The number of amides is 2. The highest BCUT2D eigenvalue weighted by Gasteiger charge is 2.35. The van der Waals surface area contributed by atoms with E-state index in [0.29, 0.717) is 5.92 Å². The Kier molecular flexibility index (Phi) is 5.74. The number of benzene rings is 1. The molecular formula is C20H28N2O3. The molecule has 0 radical (unpaired) electrons. The van der Waals surface area contributed by atoms with Crippen molar-refractivity contribution in [3.8, 4) is 0 Å². The summed E-state index contributed by atoms with van der Waals surface area (Å²) in [7, 11) is 0. The molecule has 0 spiro atoms. The van der Waals surface area contributed by atoms with Crippen LogP contribution < -0.4 is 10.6 Å². The van der Waals surface area contributed by atoms with Gasteiger partial charge in [0.1, 0.15) is 6.04 Å². The third kappa shape index (κ3) is 4.82. The molecule has 5 heteroatoms. The van der Waals surface area contributed by atoms with Crippen LogP contribution in [0.5, 0.6) is 0 Å². The average molecular weight is 344 g/mol. The highest BCUT2D eigenvalue weighted by Crippen LogP contribution is 2.35. The van der Waals surface area contributed by atoms with Gasteiger partial charge in [-0.2, -0.15) is 0 Å². The molecule has 2 aliphatic rings. The molecule has 5 nitrogen and oxygen atoms in total. The molecule has 2 fully saturated rings. The Balaban J connectivity index is 1.67. The molecule has 3 N–H and O–H groups in total. The van der Waals surface area contributed by atoms with Crippen molar-refractivity contribution in [3.63, 3.8) is 0 Å². The normalized spacial score (nSPS) is 20.9. The Hall–Kier alpha value is -1.88. The van der Waals surface area contributed by atoms with Gasteiger partial charge in [-0.05, 0) is 37.7 Å². The number of hydrogen-bond acceptors (Lipinski definition) is 3. The van der Waals surface area contributed by atoms with Crippen LogP contribution in [0, 0.1) is 11.8 Å². The number of nitrogens with one attached hydrogen (secondary N) is 2. The van der Waals surface area contributed by atoms with Gasteiger partial charge < -0.3 is 15.7 Å². The first-order chi connectivity index (χ1) is 12.0. The van der Waals surface area contributed by atoms with E-state index in [4.69, 9.17) is 0 Å². The quantitative estimate of drug-likeness (QED) is 0.677. The van der Waals surface area contributed by atoms with E-state index in [1.807, 2.05) is 30.3 Å². The maximum Gasteiger partial charge on any atom is 0.245 e. The minimum Gasteiger partial charge on any atom is -0.391 e. The monoisotopic (exact) mass is 344 g/mol. The molecule has 136 valence electrons. The lowest BCUT2D eigenvalue weighted by Gasteiger charge is -2.31. The molecule has 0 aliphatic heterocycles. The van der Waals surface area contributed by atoms with Crippen molar-refractivity contribution in [2.75, 3.05) is 0 Å². The van der Waals surface area contributed by atoms with E-state index in [0.717, 1.165) is 24.8 Å². The number of aliphatic hydroxyl groups excluding tert-OH is 1. The van der Waals surface area contributed by atoms with Gasteiger partial charge >= 0.3 is 0 Å². The molecule has 3 rings (SSSR count). The van der Waals surface area contributed by atoms with Crippen LogP contribution in [0.25, 0.3) is 0 Å². The van der Waals surface area contributed by atoms with Gasteiger partial charge in [-0.15, -0.1) is 0 Å². The summed E-state index contributed by atoms with van der Waals surface area (Å²) in [5.41, 5.74) is 1.07. The van der Waals surface area contributed by atoms with Crippen molar-refractivity contribution >= 4 is 11.8 Å². The summed E-state index contributed by atoms with van der Waals surface area (Å²) in [4.78, 5) is 24.8. The van der Waals surface area contributed by atoms with Crippen LogP contribution in [-0.2, 0) is 9.59 Å². The van der Waals surface area contributed by atoms with Gasteiger partial charge in [-0.25, -0.2) is 0 Å². The summed E-state index contributed by atoms with van der Waals surface area (Å²) in [6.07, 6.45) is 5.38. The Morgan fingerprint density at radius 1 is 1.12 bits per heavy atom. The van der Waals surface area contributed by atoms with E-state index in [9.17, 15) is 14.7 Å². The van der Waals surface area contributed by atoms with E-state index in [2.05, 4.69) is 10.6 Å².